The van der Waals surface area contributed by atoms with E-state index in [1.807, 2.05) is 36.6 Å². The van der Waals surface area contributed by atoms with E-state index in [2.05, 4.69) is 47.9 Å². The molecule has 0 radical (unpaired) electrons. The first kappa shape index (κ1) is 21.1. The zero-order chi connectivity index (χ0) is 22.1. The second-order valence-corrected chi connectivity index (χ2v) is 8.20. The van der Waals surface area contributed by atoms with Gasteiger partial charge in [-0.3, -0.25) is 19.2 Å². The summed E-state index contributed by atoms with van der Waals surface area (Å²) >= 11 is 0. The summed E-state index contributed by atoms with van der Waals surface area (Å²) in [5.41, 5.74) is 6.18. The Morgan fingerprint density at radius 1 is 1.06 bits per heavy atom. The summed E-state index contributed by atoms with van der Waals surface area (Å²) in [6, 6.07) is 14.4. The van der Waals surface area contributed by atoms with Crippen LogP contribution in [0.25, 0.3) is 0 Å². The Kier molecular flexibility index (Phi) is 5.83. The smallest absolute Gasteiger partial charge is 0.259 e. The minimum absolute atomic E-state index is 0.0458. The Bertz CT molecular complexity index is 1170. The Balaban J connectivity index is 1.82. The average Bonchev–Trinajstić information content (AvgIpc) is 2.75. The SMILES string of the molecule is CCc1c(C)nc2n(c1=O)CN(Cc1ccccc1OC)CN2c1ccc(C)cc1C. The highest BCUT2D eigenvalue weighted by molar-refractivity contribution is 5.63. The first-order chi connectivity index (χ1) is 14.9. The van der Waals surface area contributed by atoms with Crippen LogP contribution in [0.2, 0.25) is 0 Å². The normalized spacial score (nSPS) is 13.9. The first-order valence-electron chi connectivity index (χ1n) is 10.7. The van der Waals surface area contributed by atoms with Crippen LogP contribution in [-0.4, -0.2) is 28.2 Å². The molecule has 0 saturated heterocycles. The van der Waals surface area contributed by atoms with Crippen molar-refractivity contribution in [3.8, 4) is 5.75 Å². The van der Waals surface area contributed by atoms with Crippen molar-refractivity contribution in [3.63, 3.8) is 0 Å². The minimum atomic E-state index is 0.0458. The number of rotatable bonds is 5. The van der Waals surface area contributed by atoms with Crippen LogP contribution in [0, 0.1) is 20.8 Å². The molecule has 162 valence electrons. The lowest BCUT2D eigenvalue weighted by Gasteiger charge is -2.39. The maximum absolute atomic E-state index is 13.3. The van der Waals surface area contributed by atoms with Gasteiger partial charge in [0.25, 0.3) is 5.56 Å². The third kappa shape index (κ3) is 3.95. The van der Waals surface area contributed by atoms with E-state index in [0.29, 0.717) is 32.3 Å². The van der Waals surface area contributed by atoms with Gasteiger partial charge in [-0.05, 0) is 44.9 Å². The largest absolute Gasteiger partial charge is 0.496 e. The van der Waals surface area contributed by atoms with Crippen molar-refractivity contribution in [2.45, 2.75) is 47.3 Å². The first-order valence-corrected chi connectivity index (χ1v) is 10.7. The molecule has 3 aromatic rings. The van der Waals surface area contributed by atoms with E-state index in [1.165, 1.54) is 5.56 Å². The molecule has 0 bridgehead atoms. The second-order valence-electron chi connectivity index (χ2n) is 8.20. The van der Waals surface area contributed by atoms with Gasteiger partial charge in [-0.15, -0.1) is 0 Å². The molecule has 0 spiro atoms. The fourth-order valence-corrected chi connectivity index (χ4v) is 4.40. The molecule has 6 heteroatoms. The third-order valence-electron chi connectivity index (χ3n) is 5.96. The van der Waals surface area contributed by atoms with E-state index in [4.69, 9.17) is 9.72 Å². The van der Waals surface area contributed by atoms with Gasteiger partial charge < -0.3 is 4.74 Å². The van der Waals surface area contributed by atoms with Crippen LogP contribution in [0.5, 0.6) is 5.75 Å². The number of ether oxygens (including phenoxy) is 1. The molecule has 1 aliphatic heterocycles. The summed E-state index contributed by atoms with van der Waals surface area (Å²) in [7, 11) is 1.69. The number of hydrogen-bond acceptors (Lipinski definition) is 5. The van der Waals surface area contributed by atoms with E-state index < -0.39 is 0 Å². The maximum atomic E-state index is 13.3. The highest BCUT2D eigenvalue weighted by atomic mass is 16.5. The number of para-hydroxylation sites is 1. The summed E-state index contributed by atoms with van der Waals surface area (Å²) in [6.45, 7) is 9.95. The molecule has 0 amide bonds. The monoisotopic (exact) mass is 418 g/mol. The van der Waals surface area contributed by atoms with Crippen LogP contribution in [-0.2, 0) is 19.6 Å². The lowest BCUT2D eigenvalue weighted by Crippen LogP contribution is -2.47. The fourth-order valence-electron chi connectivity index (χ4n) is 4.40. The second kappa shape index (κ2) is 8.55. The number of fused-ring (bicyclic) bond motifs is 1. The van der Waals surface area contributed by atoms with Gasteiger partial charge >= 0.3 is 0 Å². The van der Waals surface area contributed by atoms with Crippen LogP contribution in [0.1, 0.15) is 34.9 Å². The molecule has 4 rings (SSSR count). The molecule has 31 heavy (non-hydrogen) atoms. The number of benzene rings is 2. The standard InChI is InChI=1S/C25H30N4O2/c1-6-21-19(4)26-25-28(22-12-11-17(2)13-18(22)3)15-27(16-29(25)24(21)30)14-20-9-7-8-10-23(20)31-5/h7-13H,6,14-16H2,1-5H3. The molecule has 0 N–H and O–H groups in total. The van der Waals surface area contributed by atoms with Crippen LogP contribution in [0.15, 0.2) is 47.3 Å². The van der Waals surface area contributed by atoms with Crippen LogP contribution >= 0.6 is 0 Å². The fraction of sp³-hybridized carbons (Fsp3) is 0.360. The van der Waals surface area contributed by atoms with Gasteiger partial charge in [0.05, 0.1) is 20.4 Å². The molecule has 0 unspecified atom stereocenters. The van der Waals surface area contributed by atoms with Gasteiger partial charge in [0.1, 0.15) is 5.75 Å². The topological polar surface area (TPSA) is 50.6 Å². The van der Waals surface area contributed by atoms with Gasteiger partial charge in [0, 0.05) is 29.1 Å². The number of anilines is 2. The van der Waals surface area contributed by atoms with Crippen LogP contribution in [0.4, 0.5) is 11.6 Å². The number of aryl methyl sites for hydroxylation is 3. The molecular weight excluding hydrogens is 388 g/mol. The summed E-state index contributed by atoms with van der Waals surface area (Å²) in [5.74, 6) is 1.57. The van der Waals surface area contributed by atoms with Crippen molar-refractivity contribution in [1.29, 1.82) is 0 Å². The number of nitrogens with zero attached hydrogens (tertiary/aromatic N) is 4. The number of aromatic nitrogens is 2. The molecule has 0 fully saturated rings. The molecular formula is C25H30N4O2. The number of hydrogen-bond donors (Lipinski definition) is 0. The summed E-state index contributed by atoms with van der Waals surface area (Å²) in [6.07, 6.45) is 0.675. The molecule has 2 aromatic carbocycles. The van der Waals surface area contributed by atoms with Crippen molar-refractivity contribution >= 4 is 11.6 Å². The predicted molar refractivity (Wildman–Crippen MR) is 124 cm³/mol. The maximum Gasteiger partial charge on any atom is 0.259 e. The van der Waals surface area contributed by atoms with Crippen molar-refractivity contribution in [3.05, 3.63) is 80.8 Å². The summed E-state index contributed by atoms with van der Waals surface area (Å²) in [4.78, 5) is 22.6. The van der Waals surface area contributed by atoms with Crippen molar-refractivity contribution in [1.82, 2.24) is 14.5 Å². The van der Waals surface area contributed by atoms with Gasteiger partial charge in [-0.1, -0.05) is 42.8 Å². The lowest BCUT2D eigenvalue weighted by molar-refractivity contribution is 0.187. The highest BCUT2D eigenvalue weighted by Crippen LogP contribution is 2.32. The van der Waals surface area contributed by atoms with E-state index in [0.717, 1.165) is 33.8 Å². The van der Waals surface area contributed by atoms with Crippen LogP contribution in [0.3, 0.4) is 0 Å². The lowest BCUT2D eigenvalue weighted by atomic mass is 10.1. The van der Waals surface area contributed by atoms with E-state index in [1.54, 1.807) is 7.11 Å². The average molecular weight is 419 g/mol. The third-order valence-corrected chi connectivity index (χ3v) is 5.96. The Morgan fingerprint density at radius 2 is 1.84 bits per heavy atom. The molecule has 1 aromatic heterocycles. The molecule has 1 aliphatic rings. The van der Waals surface area contributed by atoms with Crippen molar-refractivity contribution in [2.24, 2.45) is 0 Å². The van der Waals surface area contributed by atoms with Gasteiger partial charge in [0.2, 0.25) is 5.95 Å². The summed E-state index contributed by atoms with van der Waals surface area (Å²) in [5, 5.41) is 0. The van der Waals surface area contributed by atoms with Gasteiger partial charge in [-0.2, -0.15) is 0 Å². The quantitative estimate of drug-likeness (QED) is 0.618. The molecule has 6 nitrogen and oxygen atoms in total. The molecule has 0 saturated carbocycles. The zero-order valence-electron chi connectivity index (χ0n) is 19.0. The minimum Gasteiger partial charge on any atom is -0.496 e. The predicted octanol–water partition coefficient (Wildman–Crippen LogP) is 4.31. The van der Waals surface area contributed by atoms with E-state index >= 15 is 0 Å². The summed E-state index contributed by atoms with van der Waals surface area (Å²) < 4.78 is 7.36. The zero-order valence-corrected chi connectivity index (χ0v) is 19.0. The highest BCUT2D eigenvalue weighted by Gasteiger charge is 2.28. The van der Waals surface area contributed by atoms with E-state index in [-0.39, 0.29) is 5.56 Å². The van der Waals surface area contributed by atoms with Gasteiger partial charge in [0.15, 0.2) is 0 Å². The van der Waals surface area contributed by atoms with Crippen molar-refractivity contribution < 1.29 is 4.74 Å². The number of methoxy groups -OCH3 is 1. The Hall–Kier alpha value is -3.12. The van der Waals surface area contributed by atoms with Crippen molar-refractivity contribution in [2.75, 3.05) is 18.7 Å². The molecule has 0 atom stereocenters. The Morgan fingerprint density at radius 3 is 2.55 bits per heavy atom. The molecule has 0 aliphatic carbocycles. The van der Waals surface area contributed by atoms with E-state index in [9.17, 15) is 4.79 Å². The molecule has 2 heterocycles. The van der Waals surface area contributed by atoms with Crippen LogP contribution < -0.4 is 15.2 Å². The Labute approximate surface area is 183 Å². The van der Waals surface area contributed by atoms with Gasteiger partial charge in [-0.25, -0.2) is 4.98 Å².